The van der Waals surface area contributed by atoms with E-state index in [0.717, 1.165) is 31.9 Å². The maximum absolute atomic E-state index is 12.3. The second-order valence-corrected chi connectivity index (χ2v) is 6.15. The fourth-order valence-electron chi connectivity index (χ4n) is 3.08. The zero-order chi connectivity index (χ0) is 16.1. The van der Waals surface area contributed by atoms with E-state index in [0.29, 0.717) is 25.6 Å². The Kier molecular flexibility index (Phi) is 5.07. The van der Waals surface area contributed by atoms with Crippen molar-refractivity contribution in [3.8, 4) is 0 Å². The van der Waals surface area contributed by atoms with Gasteiger partial charge < -0.3 is 15.5 Å². The van der Waals surface area contributed by atoms with Crippen molar-refractivity contribution in [3.05, 3.63) is 24.4 Å². The van der Waals surface area contributed by atoms with E-state index in [-0.39, 0.29) is 18.4 Å². The number of carbonyl (C=O) groups is 2. The normalized spacial score (nSPS) is 22.0. The van der Waals surface area contributed by atoms with E-state index < -0.39 is 0 Å². The van der Waals surface area contributed by atoms with E-state index in [4.69, 9.17) is 0 Å². The molecule has 2 fully saturated rings. The van der Waals surface area contributed by atoms with Gasteiger partial charge in [0.25, 0.3) is 0 Å². The number of rotatable bonds is 5. The van der Waals surface area contributed by atoms with E-state index in [1.165, 1.54) is 0 Å². The summed E-state index contributed by atoms with van der Waals surface area (Å²) >= 11 is 0. The van der Waals surface area contributed by atoms with Crippen LogP contribution in [-0.2, 0) is 9.59 Å². The highest BCUT2D eigenvalue weighted by Crippen LogP contribution is 2.17. The first-order valence-corrected chi connectivity index (χ1v) is 8.12. The molecule has 2 amide bonds. The zero-order valence-electron chi connectivity index (χ0n) is 13.2. The molecular weight excluding hydrogens is 294 g/mol. The molecule has 0 aromatic carbocycles. The molecule has 2 N–H and O–H groups in total. The van der Waals surface area contributed by atoms with Gasteiger partial charge in [-0.25, -0.2) is 4.98 Å². The Morgan fingerprint density at radius 3 is 3.09 bits per heavy atom. The summed E-state index contributed by atoms with van der Waals surface area (Å²) in [5.41, 5.74) is 0. The van der Waals surface area contributed by atoms with Crippen LogP contribution in [0.25, 0.3) is 0 Å². The largest absolute Gasteiger partial charge is 0.370 e. The van der Waals surface area contributed by atoms with Gasteiger partial charge in [-0.2, -0.15) is 0 Å². The number of piperazine rings is 1. The molecule has 2 saturated heterocycles. The molecule has 3 rings (SSSR count). The topological polar surface area (TPSA) is 77.6 Å². The zero-order valence-corrected chi connectivity index (χ0v) is 13.2. The summed E-state index contributed by atoms with van der Waals surface area (Å²) in [6, 6.07) is 5.82. The first-order valence-electron chi connectivity index (χ1n) is 8.12. The highest BCUT2D eigenvalue weighted by molar-refractivity contribution is 5.86. The van der Waals surface area contributed by atoms with Crippen LogP contribution in [0.15, 0.2) is 24.4 Å². The molecule has 0 spiro atoms. The van der Waals surface area contributed by atoms with Crippen LogP contribution in [0.4, 0.5) is 5.82 Å². The van der Waals surface area contributed by atoms with Gasteiger partial charge in [-0.3, -0.25) is 14.5 Å². The lowest BCUT2D eigenvalue weighted by Crippen LogP contribution is -2.52. The van der Waals surface area contributed by atoms with Gasteiger partial charge >= 0.3 is 0 Å². The van der Waals surface area contributed by atoms with E-state index in [9.17, 15) is 9.59 Å². The predicted octanol–water partition coefficient (Wildman–Crippen LogP) is -0.226. The van der Waals surface area contributed by atoms with E-state index in [2.05, 4.69) is 20.5 Å². The molecule has 1 aromatic heterocycles. The van der Waals surface area contributed by atoms with Gasteiger partial charge in [-0.05, 0) is 31.0 Å². The minimum atomic E-state index is -0.0662. The summed E-state index contributed by atoms with van der Waals surface area (Å²) in [7, 11) is 0. The number of likely N-dealkylation sites (tertiary alicyclic amines) is 1. The molecule has 1 unspecified atom stereocenters. The minimum absolute atomic E-state index is 0.0539. The van der Waals surface area contributed by atoms with Crippen molar-refractivity contribution in [1.29, 1.82) is 0 Å². The van der Waals surface area contributed by atoms with Crippen molar-refractivity contribution >= 4 is 17.6 Å². The smallest absolute Gasteiger partial charge is 0.239 e. The molecule has 1 aromatic rings. The van der Waals surface area contributed by atoms with Crippen molar-refractivity contribution < 1.29 is 9.59 Å². The first-order chi connectivity index (χ1) is 11.2. The van der Waals surface area contributed by atoms with Crippen LogP contribution in [0.2, 0.25) is 0 Å². The number of nitrogens with one attached hydrogen (secondary N) is 2. The summed E-state index contributed by atoms with van der Waals surface area (Å²) in [5, 5.41) is 6.08. The summed E-state index contributed by atoms with van der Waals surface area (Å²) in [5.74, 6) is 1.40. The van der Waals surface area contributed by atoms with Gasteiger partial charge in [-0.1, -0.05) is 6.07 Å². The Morgan fingerprint density at radius 2 is 2.30 bits per heavy atom. The highest BCUT2D eigenvalue weighted by atomic mass is 16.2. The van der Waals surface area contributed by atoms with E-state index in [1.807, 2.05) is 18.2 Å². The van der Waals surface area contributed by atoms with Crippen molar-refractivity contribution in [2.24, 2.45) is 5.92 Å². The molecule has 124 valence electrons. The number of hydrogen-bond acceptors (Lipinski definition) is 5. The Balaban J connectivity index is 1.41. The molecule has 7 heteroatoms. The second-order valence-electron chi connectivity index (χ2n) is 6.15. The lowest BCUT2D eigenvalue weighted by Gasteiger charge is -2.28. The number of hydrogen-bond donors (Lipinski definition) is 2. The molecule has 0 bridgehead atoms. The van der Waals surface area contributed by atoms with Gasteiger partial charge in [-0.15, -0.1) is 0 Å². The van der Waals surface area contributed by atoms with Crippen molar-refractivity contribution in [2.45, 2.75) is 6.42 Å². The summed E-state index contributed by atoms with van der Waals surface area (Å²) in [4.78, 5) is 31.7. The third-order valence-corrected chi connectivity index (χ3v) is 4.36. The molecule has 2 aliphatic heterocycles. The van der Waals surface area contributed by atoms with Gasteiger partial charge in [0.05, 0.1) is 13.1 Å². The minimum Gasteiger partial charge on any atom is -0.370 e. The maximum Gasteiger partial charge on any atom is 0.239 e. The predicted molar refractivity (Wildman–Crippen MR) is 86.9 cm³/mol. The number of nitrogens with zero attached hydrogens (tertiary/aromatic N) is 3. The van der Waals surface area contributed by atoms with E-state index in [1.54, 1.807) is 11.1 Å². The van der Waals surface area contributed by atoms with Crippen LogP contribution in [0.3, 0.4) is 0 Å². The quantitative estimate of drug-likeness (QED) is 0.785. The van der Waals surface area contributed by atoms with E-state index >= 15 is 0 Å². The number of anilines is 1. The summed E-state index contributed by atoms with van der Waals surface area (Å²) < 4.78 is 0. The van der Waals surface area contributed by atoms with Crippen LogP contribution >= 0.6 is 0 Å². The Hall–Kier alpha value is -2.15. The highest BCUT2D eigenvalue weighted by Gasteiger charge is 2.27. The van der Waals surface area contributed by atoms with Gasteiger partial charge in [0.2, 0.25) is 11.8 Å². The molecule has 7 nitrogen and oxygen atoms in total. The summed E-state index contributed by atoms with van der Waals surface area (Å²) in [6.45, 7) is 4.48. The van der Waals surface area contributed by atoms with Crippen LogP contribution in [0.5, 0.6) is 0 Å². The molecule has 23 heavy (non-hydrogen) atoms. The third kappa shape index (κ3) is 4.41. The number of pyridine rings is 1. The fraction of sp³-hybridized carbons (Fsp3) is 0.562. The molecule has 2 aliphatic rings. The second kappa shape index (κ2) is 7.41. The number of amides is 2. The molecular formula is C16H23N5O2. The van der Waals surface area contributed by atoms with Gasteiger partial charge in [0.15, 0.2) is 0 Å². The molecule has 0 radical (unpaired) electrons. The first kappa shape index (κ1) is 15.7. The van der Waals surface area contributed by atoms with Crippen molar-refractivity contribution in [3.63, 3.8) is 0 Å². The van der Waals surface area contributed by atoms with Crippen molar-refractivity contribution in [1.82, 2.24) is 20.1 Å². The monoisotopic (exact) mass is 317 g/mol. The molecule has 0 aliphatic carbocycles. The van der Waals surface area contributed by atoms with Crippen LogP contribution in [-0.4, -0.2) is 72.4 Å². The van der Waals surface area contributed by atoms with Gasteiger partial charge in [0.1, 0.15) is 5.82 Å². The van der Waals surface area contributed by atoms with Crippen molar-refractivity contribution in [2.75, 3.05) is 51.1 Å². The number of aromatic nitrogens is 1. The molecule has 3 heterocycles. The fourth-order valence-corrected chi connectivity index (χ4v) is 3.08. The molecule has 1 atom stereocenters. The lowest BCUT2D eigenvalue weighted by atomic mass is 10.1. The van der Waals surface area contributed by atoms with Crippen LogP contribution in [0, 0.1) is 5.92 Å². The maximum atomic E-state index is 12.3. The standard InChI is InChI=1S/C16H23N5O2/c22-15-11-21(8-6-18-15)16(23)12-20-7-4-13(10-20)9-19-14-3-1-2-5-17-14/h1-3,5,13H,4,6-12H2,(H,17,19)(H,18,22). The summed E-state index contributed by atoms with van der Waals surface area (Å²) in [6.07, 6.45) is 2.85. The average Bonchev–Trinajstić information content (AvgIpc) is 3.01. The Bertz CT molecular complexity index is 551. The Labute approximate surface area is 136 Å². The third-order valence-electron chi connectivity index (χ3n) is 4.36. The SMILES string of the molecule is O=C1CN(C(=O)CN2CCC(CNc3ccccn3)C2)CCN1. The Morgan fingerprint density at radius 1 is 1.39 bits per heavy atom. The van der Waals surface area contributed by atoms with Crippen LogP contribution < -0.4 is 10.6 Å². The lowest BCUT2D eigenvalue weighted by molar-refractivity contribution is -0.138. The van der Waals surface area contributed by atoms with Gasteiger partial charge in [0, 0.05) is 32.4 Å². The molecule has 0 saturated carbocycles. The average molecular weight is 317 g/mol. The number of carbonyl (C=O) groups excluding carboxylic acids is 2. The van der Waals surface area contributed by atoms with Crippen LogP contribution in [0.1, 0.15) is 6.42 Å².